The molecule has 0 atom stereocenters. The third-order valence-corrected chi connectivity index (χ3v) is 3.25. The van der Waals surface area contributed by atoms with Gasteiger partial charge in [-0.05, 0) is 18.6 Å². The van der Waals surface area contributed by atoms with Crippen molar-refractivity contribution in [3.63, 3.8) is 0 Å². The van der Waals surface area contributed by atoms with E-state index in [9.17, 15) is 12.8 Å². The van der Waals surface area contributed by atoms with Crippen LogP contribution in [-0.4, -0.2) is 27.5 Å². The number of sulfonamides is 1. The highest BCUT2D eigenvalue weighted by molar-refractivity contribution is 7.89. The van der Waals surface area contributed by atoms with E-state index in [1.54, 1.807) is 0 Å². The number of aryl methyl sites for hydroxylation is 1. The second-order valence-electron chi connectivity index (χ2n) is 3.38. The molecule has 6 heteroatoms. The number of nitrogens with zero attached hydrogens (tertiary/aromatic N) is 1. The zero-order valence-electron chi connectivity index (χ0n) is 8.78. The first-order valence-electron chi connectivity index (χ1n) is 4.29. The van der Waals surface area contributed by atoms with Crippen LogP contribution < -0.4 is 4.83 Å². The summed E-state index contributed by atoms with van der Waals surface area (Å²) in [5, 5.41) is 1.25. The summed E-state index contributed by atoms with van der Waals surface area (Å²) >= 11 is 0. The third kappa shape index (κ3) is 2.74. The largest absolute Gasteiger partial charge is 0.256 e. The van der Waals surface area contributed by atoms with Crippen molar-refractivity contribution in [2.45, 2.75) is 11.8 Å². The highest BCUT2D eigenvalue weighted by atomic mass is 32.2. The van der Waals surface area contributed by atoms with Gasteiger partial charge in [0.25, 0.3) is 10.0 Å². The lowest BCUT2D eigenvalue weighted by molar-refractivity contribution is 0.362. The highest BCUT2D eigenvalue weighted by Gasteiger charge is 2.20. The van der Waals surface area contributed by atoms with Crippen LogP contribution in [0.5, 0.6) is 0 Å². The van der Waals surface area contributed by atoms with Crippen LogP contribution in [0.3, 0.4) is 0 Å². The topological polar surface area (TPSA) is 49.4 Å². The van der Waals surface area contributed by atoms with Gasteiger partial charge in [-0.3, -0.25) is 0 Å². The van der Waals surface area contributed by atoms with Crippen molar-refractivity contribution in [2.75, 3.05) is 14.1 Å². The van der Waals surface area contributed by atoms with Gasteiger partial charge in [0.15, 0.2) is 0 Å². The number of hydrazine groups is 1. The fourth-order valence-corrected chi connectivity index (χ4v) is 2.35. The predicted molar refractivity (Wildman–Crippen MR) is 55.1 cm³/mol. The molecule has 4 nitrogen and oxygen atoms in total. The van der Waals surface area contributed by atoms with Gasteiger partial charge in [0.05, 0.1) is 0 Å². The lowest BCUT2D eigenvalue weighted by Gasteiger charge is -2.13. The molecule has 0 aliphatic carbocycles. The van der Waals surface area contributed by atoms with Gasteiger partial charge in [-0.2, -0.15) is 0 Å². The quantitative estimate of drug-likeness (QED) is 0.787. The number of nitrogens with one attached hydrogen (secondary N) is 1. The molecule has 0 aliphatic rings. The molecule has 1 rings (SSSR count). The van der Waals surface area contributed by atoms with Crippen LogP contribution in [0.2, 0.25) is 0 Å². The Kier molecular flexibility index (Phi) is 3.43. The van der Waals surface area contributed by atoms with Crippen molar-refractivity contribution in [1.82, 2.24) is 9.84 Å². The SMILES string of the molecule is Cc1cccc(S(=O)(=O)NN(C)C)c1F. The minimum atomic E-state index is -3.81. The predicted octanol–water partition coefficient (Wildman–Crippen LogP) is 0.889. The molecule has 0 amide bonds. The van der Waals surface area contributed by atoms with Gasteiger partial charge in [-0.25, -0.2) is 17.8 Å². The third-order valence-electron chi connectivity index (χ3n) is 1.75. The average molecular weight is 232 g/mol. The molecule has 0 fully saturated rings. The fraction of sp³-hybridized carbons (Fsp3) is 0.333. The summed E-state index contributed by atoms with van der Waals surface area (Å²) in [5.41, 5.74) is 0.302. The van der Waals surface area contributed by atoms with E-state index in [0.29, 0.717) is 5.56 Å². The van der Waals surface area contributed by atoms with Crippen LogP contribution in [0.25, 0.3) is 0 Å². The van der Waals surface area contributed by atoms with Crippen molar-refractivity contribution < 1.29 is 12.8 Å². The van der Waals surface area contributed by atoms with E-state index in [1.165, 1.54) is 44.2 Å². The Morgan fingerprint density at radius 2 is 1.93 bits per heavy atom. The van der Waals surface area contributed by atoms with Crippen LogP contribution in [-0.2, 0) is 10.0 Å². The van der Waals surface area contributed by atoms with E-state index in [-0.39, 0.29) is 4.90 Å². The molecule has 0 aromatic heterocycles. The van der Waals surface area contributed by atoms with Gasteiger partial charge in [-0.1, -0.05) is 12.1 Å². The number of halogens is 1. The van der Waals surface area contributed by atoms with Gasteiger partial charge < -0.3 is 0 Å². The minimum Gasteiger partial charge on any atom is -0.237 e. The molecule has 15 heavy (non-hydrogen) atoms. The summed E-state index contributed by atoms with van der Waals surface area (Å²) in [6.45, 7) is 1.52. The number of hydrogen-bond donors (Lipinski definition) is 1. The fourth-order valence-electron chi connectivity index (χ4n) is 1.12. The molecule has 0 saturated heterocycles. The van der Waals surface area contributed by atoms with Crippen LogP contribution >= 0.6 is 0 Å². The Morgan fingerprint density at radius 1 is 1.33 bits per heavy atom. The number of hydrogen-bond acceptors (Lipinski definition) is 3. The molecule has 84 valence electrons. The Morgan fingerprint density at radius 3 is 2.47 bits per heavy atom. The molecule has 1 aromatic rings. The maximum atomic E-state index is 13.5. The molecule has 1 N–H and O–H groups in total. The Bertz CT molecular complexity index is 457. The summed E-state index contributed by atoms with van der Waals surface area (Å²) < 4.78 is 36.8. The second kappa shape index (κ2) is 4.26. The first-order chi connectivity index (χ1) is 6.84. The van der Waals surface area contributed by atoms with Crippen LogP contribution in [0.15, 0.2) is 23.1 Å². The van der Waals surface area contributed by atoms with Gasteiger partial charge in [-0.15, -0.1) is 4.83 Å². The van der Waals surface area contributed by atoms with Crippen molar-refractivity contribution in [1.29, 1.82) is 0 Å². The van der Waals surface area contributed by atoms with Gasteiger partial charge >= 0.3 is 0 Å². The number of benzene rings is 1. The zero-order valence-corrected chi connectivity index (χ0v) is 9.60. The first kappa shape index (κ1) is 12.1. The van der Waals surface area contributed by atoms with Crippen LogP contribution in [0.4, 0.5) is 4.39 Å². The normalized spacial score (nSPS) is 12.1. The van der Waals surface area contributed by atoms with E-state index >= 15 is 0 Å². The molecule has 0 radical (unpaired) electrons. The molecule has 0 saturated carbocycles. The van der Waals surface area contributed by atoms with Crippen molar-refractivity contribution in [3.05, 3.63) is 29.6 Å². The zero-order chi connectivity index (χ0) is 11.6. The lowest BCUT2D eigenvalue weighted by atomic mass is 10.2. The summed E-state index contributed by atoms with van der Waals surface area (Å²) in [4.78, 5) is 1.83. The average Bonchev–Trinajstić information content (AvgIpc) is 2.07. The van der Waals surface area contributed by atoms with Gasteiger partial charge in [0.1, 0.15) is 10.7 Å². The molecular weight excluding hydrogens is 219 g/mol. The van der Waals surface area contributed by atoms with E-state index in [1.807, 2.05) is 0 Å². The van der Waals surface area contributed by atoms with Gasteiger partial charge in [0.2, 0.25) is 0 Å². The maximum Gasteiger partial charge on any atom is 0.256 e. The smallest absolute Gasteiger partial charge is 0.237 e. The van der Waals surface area contributed by atoms with Crippen molar-refractivity contribution >= 4 is 10.0 Å². The highest BCUT2D eigenvalue weighted by Crippen LogP contribution is 2.16. The Labute approximate surface area is 88.7 Å². The Balaban J connectivity index is 3.22. The van der Waals surface area contributed by atoms with E-state index in [4.69, 9.17) is 0 Å². The second-order valence-corrected chi connectivity index (χ2v) is 5.01. The van der Waals surface area contributed by atoms with E-state index < -0.39 is 15.8 Å². The number of rotatable bonds is 3. The molecule has 0 unspecified atom stereocenters. The summed E-state index contributed by atoms with van der Waals surface area (Å²) in [7, 11) is -0.774. The van der Waals surface area contributed by atoms with Crippen molar-refractivity contribution in [3.8, 4) is 0 Å². The summed E-state index contributed by atoms with van der Waals surface area (Å²) in [5.74, 6) is -0.716. The Hall–Kier alpha value is -0.980. The maximum absolute atomic E-state index is 13.5. The minimum absolute atomic E-state index is 0.302. The molecule has 0 bridgehead atoms. The van der Waals surface area contributed by atoms with Gasteiger partial charge in [0, 0.05) is 14.1 Å². The van der Waals surface area contributed by atoms with Crippen molar-refractivity contribution in [2.24, 2.45) is 0 Å². The molecule has 0 aliphatic heterocycles. The molecular formula is C9H13FN2O2S. The van der Waals surface area contributed by atoms with E-state index in [0.717, 1.165) is 0 Å². The standard InChI is InChI=1S/C9H13FN2O2S/c1-7-5-4-6-8(9(7)10)15(13,14)11-12(2)3/h4-6,11H,1-3H3. The summed E-state index contributed by atoms with van der Waals surface area (Å²) in [6, 6.07) is 4.25. The molecule has 0 spiro atoms. The van der Waals surface area contributed by atoms with Crippen LogP contribution in [0, 0.1) is 12.7 Å². The monoisotopic (exact) mass is 232 g/mol. The molecule has 0 heterocycles. The summed E-state index contributed by atoms with van der Waals surface area (Å²) in [6.07, 6.45) is 0. The first-order valence-corrected chi connectivity index (χ1v) is 5.78. The van der Waals surface area contributed by atoms with E-state index in [2.05, 4.69) is 4.83 Å². The van der Waals surface area contributed by atoms with Crippen LogP contribution in [0.1, 0.15) is 5.56 Å². The molecule has 1 aromatic carbocycles. The lowest BCUT2D eigenvalue weighted by Crippen LogP contribution is -2.36.